The predicted octanol–water partition coefficient (Wildman–Crippen LogP) is 2.67. The van der Waals surface area contributed by atoms with E-state index >= 15 is 0 Å². The molecule has 0 bridgehead atoms. The summed E-state index contributed by atoms with van der Waals surface area (Å²) in [7, 11) is 0. The molecular formula is C25H29FN4O4. The Hall–Kier alpha value is -3.04. The SMILES string of the molecule is O=C(C1CC1)N(CCN1CCOCC1)CC(=O)N1N=C(c2ccc(F)cc2)C[C@H]1c1ccco1. The summed E-state index contributed by atoms with van der Waals surface area (Å²) in [5.41, 5.74) is 1.44. The molecule has 1 saturated carbocycles. The molecule has 0 unspecified atom stereocenters. The summed E-state index contributed by atoms with van der Waals surface area (Å²) in [5.74, 6) is 0.109. The van der Waals surface area contributed by atoms with Gasteiger partial charge in [0.25, 0.3) is 5.91 Å². The van der Waals surface area contributed by atoms with E-state index in [2.05, 4.69) is 10.0 Å². The molecule has 1 aromatic carbocycles. The lowest BCUT2D eigenvalue weighted by molar-refractivity contribution is -0.142. The van der Waals surface area contributed by atoms with Crippen LogP contribution in [0.4, 0.5) is 4.39 Å². The molecule has 2 aliphatic heterocycles. The Bertz CT molecular complexity index is 1030. The smallest absolute Gasteiger partial charge is 0.262 e. The van der Waals surface area contributed by atoms with Crippen molar-refractivity contribution in [3.8, 4) is 0 Å². The molecule has 9 heteroatoms. The first-order valence-corrected chi connectivity index (χ1v) is 11.9. The minimum atomic E-state index is -0.403. The van der Waals surface area contributed by atoms with Crippen LogP contribution in [0.15, 0.2) is 52.2 Å². The molecule has 34 heavy (non-hydrogen) atoms. The van der Waals surface area contributed by atoms with Crippen LogP contribution < -0.4 is 0 Å². The molecule has 8 nitrogen and oxygen atoms in total. The van der Waals surface area contributed by atoms with Crippen LogP contribution in [0.3, 0.4) is 0 Å². The maximum absolute atomic E-state index is 13.5. The molecule has 0 spiro atoms. The Morgan fingerprint density at radius 1 is 1.12 bits per heavy atom. The van der Waals surface area contributed by atoms with Crippen LogP contribution in [0.1, 0.15) is 36.6 Å². The Morgan fingerprint density at radius 2 is 1.88 bits per heavy atom. The number of carbonyl (C=O) groups is 2. The first-order chi connectivity index (χ1) is 16.6. The number of morpholine rings is 1. The van der Waals surface area contributed by atoms with Crippen molar-refractivity contribution in [3.05, 3.63) is 59.8 Å². The van der Waals surface area contributed by atoms with Crippen LogP contribution in [0.5, 0.6) is 0 Å². The second-order valence-corrected chi connectivity index (χ2v) is 9.02. The van der Waals surface area contributed by atoms with Gasteiger partial charge in [-0.05, 0) is 42.7 Å². The molecule has 180 valence electrons. The van der Waals surface area contributed by atoms with E-state index in [1.165, 1.54) is 17.1 Å². The molecule has 3 heterocycles. The minimum absolute atomic E-state index is 0.0233. The quantitative estimate of drug-likeness (QED) is 0.595. The zero-order valence-electron chi connectivity index (χ0n) is 19.1. The first kappa shape index (κ1) is 22.7. The largest absolute Gasteiger partial charge is 0.467 e. The van der Waals surface area contributed by atoms with E-state index in [0.717, 1.165) is 31.5 Å². The average molecular weight is 469 g/mol. The maximum Gasteiger partial charge on any atom is 0.262 e. The highest BCUT2D eigenvalue weighted by Crippen LogP contribution is 2.34. The number of nitrogens with zero attached hydrogens (tertiary/aromatic N) is 4. The number of halogens is 1. The monoisotopic (exact) mass is 468 g/mol. The summed E-state index contributed by atoms with van der Waals surface area (Å²) in [6.07, 6.45) is 3.79. The summed E-state index contributed by atoms with van der Waals surface area (Å²) in [5, 5.41) is 6.03. The molecule has 1 aliphatic carbocycles. The molecule has 2 fully saturated rings. The van der Waals surface area contributed by atoms with E-state index < -0.39 is 6.04 Å². The number of furan rings is 1. The Labute approximate surface area is 197 Å². The summed E-state index contributed by atoms with van der Waals surface area (Å²) in [6, 6.07) is 9.27. The lowest BCUT2D eigenvalue weighted by Crippen LogP contribution is -2.47. The highest BCUT2D eigenvalue weighted by Gasteiger charge is 2.38. The van der Waals surface area contributed by atoms with Crippen molar-refractivity contribution >= 4 is 17.5 Å². The third-order valence-corrected chi connectivity index (χ3v) is 6.57. The lowest BCUT2D eigenvalue weighted by Gasteiger charge is -2.31. The van der Waals surface area contributed by atoms with E-state index in [0.29, 0.717) is 44.2 Å². The first-order valence-electron chi connectivity index (χ1n) is 11.9. The fraction of sp³-hybridized carbons (Fsp3) is 0.480. The molecule has 0 N–H and O–H groups in total. The standard InChI is InChI=1S/C25H29FN4O4/c26-20-7-5-18(6-8-20)21-16-22(23-2-1-13-34-23)30(27-21)24(31)17-29(25(32)19-3-4-19)10-9-28-11-14-33-15-12-28/h1-2,5-8,13,19,22H,3-4,9-12,14-17H2/t22-/m0/s1. The lowest BCUT2D eigenvalue weighted by atomic mass is 10.0. The van der Waals surface area contributed by atoms with Gasteiger partial charge >= 0.3 is 0 Å². The molecule has 1 saturated heterocycles. The van der Waals surface area contributed by atoms with Crippen LogP contribution in [-0.2, 0) is 14.3 Å². The Morgan fingerprint density at radius 3 is 2.56 bits per heavy atom. The molecule has 1 aromatic heterocycles. The highest BCUT2D eigenvalue weighted by atomic mass is 19.1. The van der Waals surface area contributed by atoms with E-state index in [1.807, 2.05) is 6.07 Å². The summed E-state index contributed by atoms with van der Waals surface area (Å²) in [6.45, 7) is 4.21. The van der Waals surface area contributed by atoms with Crippen LogP contribution in [-0.4, -0.2) is 78.3 Å². The van der Waals surface area contributed by atoms with E-state index in [1.54, 1.807) is 29.4 Å². The van der Waals surface area contributed by atoms with Crippen LogP contribution in [0.2, 0.25) is 0 Å². The normalized spacial score (nSPS) is 20.9. The Balaban J connectivity index is 1.33. The number of benzene rings is 1. The zero-order valence-corrected chi connectivity index (χ0v) is 19.1. The van der Waals surface area contributed by atoms with Crippen molar-refractivity contribution in [3.63, 3.8) is 0 Å². The molecule has 2 aromatic rings. The van der Waals surface area contributed by atoms with Crippen molar-refractivity contribution in [1.82, 2.24) is 14.8 Å². The number of hydrazone groups is 1. The highest BCUT2D eigenvalue weighted by molar-refractivity contribution is 6.03. The predicted molar refractivity (Wildman–Crippen MR) is 122 cm³/mol. The van der Waals surface area contributed by atoms with Gasteiger partial charge in [0.05, 0.1) is 25.2 Å². The molecule has 3 aliphatic rings. The number of hydrogen-bond acceptors (Lipinski definition) is 6. The zero-order chi connectivity index (χ0) is 23.5. The van der Waals surface area contributed by atoms with Crippen molar-refractivity contribution in [2.45, 2.75) is 25.3 Å². The molecular weight excluding hydrogens is 439 g/mol. The van der Waals surface area contributed by atoms with Crippen LogP contribution >= 0.6 is 0 Å². The average Bonchev–Trinajstić information content (AvgIpc) is 3.37. The third kappa shape index (κ3) is 5.20. The van der Waals surface area contributed by atoms with Gasteiger partial charge in [0.15, 0.2) is 0 Å². The number of hydrogen-bond donors (Lipinski definition) is 0. The third-order valence-electron chi connectivity index (χ3n) is 6.57. The summed E-state index contributed by atoms with van der Waals surface area (Å²) in [4.78, 5) is 30.4. The fourth-order valence-corrected chi connectivity index (χ4v) is 4.44. The van der Waals surface area contributed by atoms with Gasteiger partial charge in [-0.2, -0.15) is 5.10 Å². The van der Waals surface area contributed by atoms with Crippen LogP contribution in [0.25, 0.3) is 0 Å². The number of rotatable bonds is 8. The van der Waals surface area contributed by atoms with Gasteiger partial charge in [-0.25, -0.2) is 9.40 Å². The molecule has 0 radical (unpaired) electrons. The summed E-state index contributed by atoms with van der Waals surface area (Å²) < 4.78 is 24.4. The van der Waals surface area contributed by atoms with Gasteiger partial charge in [-0.1, -0.05) is 12.1 Å². The number of amides is 2. The molecule has 1 atom stereocenters. The fourth-order valence-electron chi connectivity index (χ4n) is 4.44. The molecule has 5 rings (SSSR count). The van der Waals surface area contributed by atoms with Crippen molar-refractivity contribution in [2.24, 2.45) is 11.0 Å². The van der Waals surface area contributed by atoms with Gasteiger partial charge in [0.1, 0.15) is 24.2 Å². The van der Waals surface area contributed by atoms with Crippen molar-refractivity contribution in [2.75, 3.05) is 45.9 Å². The topological polar surface area (TPSA) is 78.6 Å². The van der Waals surface area contributed by atoms with Crippen molar-refractivity contribution in [1.29, 1.82) is 0 Å². The van der Waals surface area contributed by atoms with Gasteiger partial charge in [-0.15, -0.1) is 0 Å². The Kier molecular flexibility index (Phi) is 6.73. The second-order valence-electron chi connectivity index (χ2n) is 9.02. The van der Waals surface area contributed by atoms with E-state index in [9.17, 15) is 14.0 Å². The van der Waals surface area contributed by atoms with Gasteiger partial charge in [0.2, 0.25) is 5.91 Å². The number of ether oxygens (including phenoxy) is 1. The minimum Gasteiger partial charge on any atom is -0.467 e. The van der Waals surface area contributed by atoms with Crippen molar-refractivity contribution < 1.29 is 23.1 Å². The van der Waals surface area contributed by atoms with E-state index in [4.69, 9.17) is 9.15 Å². The number of carbonyl (C=O) groups excluding carboxylic acids is 2. The van der Waals surface area contributed by atoms with Crippen LogP contribution in [0, 0.1) is 11.7 Å². The molecule has 2 amide bonds. The van der Waals surface area contributed by atoms with E-state index in [-0.39, 0.29) is 30.1 Å². The summed E-state index contributed by atoms with van der Waals surface area (Å²) >= 11 is 0. The van der Waals surface area contributed by atoms with Gasteiger partial charge in [0, 0.05) is 38.5 Å². The van der Waals surface area contributed by atoms with Gasteiger partial charge in [-0.3, -0.25) is 14.5 Å². The van der Waals surface area contributed by atoms with Gasteiger partial charge < -0.3 is 14.1 Å². The second kappa shape index (κ2) is 10.1. The maximum atomic E-state index is 13.5.